The molecule has 11 aromatic carbocycles. The number of furan rings is 2. The maximum Gasteiger partial charge on any atom is 0.142 e. The minimum atomic E-state index is 0.854. The Balaban J connectivity index is 0.896. The summed E-state index contributed by atoms with van der Waals surface area (Å²) in [5.74, 6) is 0. The van der Waals surface area contributed by atoms with Gasteiger partial charge in [0, 0.05) is 61.2 Å². The van der Waals surface area contributed by atoms with Crippen molar-refractivity contribution in [3.8, 4) is 22.3 Å². The van der Waals surface area contributed by atoms with Gasteiger partial charge in [0.1, 0.15) is 22.3 Å². The second-order valence-electron chi connectivity index (χ2n) is 19.2. The average molecular weight is 915 g/mol. The summed E-state index contributed by atoms with van der Waals surface area (Å²) in [6.45, 7) is 10.9. The molecule has 0 aliphatic heterocycles. The van der Waals surface area contributed by atoms with Crippen LogP contribution in [0.25, 0.3) is 87.7 Å². The molecule has 0 spiro atoms. The first-order chi connectivity index (χ1) is 34.7. The lowest BCUT2D eigenvalue weighted by atomic mass is 9.99. The van der Waals surface area contributed by atoms with Crippen LogP contribution in [0.15, 0.2) is 221 Å². The Morgan fingerprint density at radius 2 is 0.690 bits per heavy atom. The molecule has 71 heavy (non-hydrogen) atoms. The summed E-state index contributed by atoms with van der Waals surface area (Å²) >= 11 is 0. The molecule has 2 aromatic heterocycles. The lowest BCUT2D eigenvalue weighted by Gasteiger charge is -2.29. The lowest BCUT2D eigenvalue weighted by Crippen LogP contribution is -2.12. The molecule has 4 nitrogen and oxygen atoms in total. The summed E-state index contributed by atoms with van der Waals surface area (Å²) in [5.41, 5.74) is 20.8. The highest BCUT2D eigenvalue weighted by Gasteiger charge is 2.22. The predicted molar refractivity (Wildman–Crippen MR) is 300 cm³/mol. The SMILES string of the molecule is Cc1ccccc1N(c1ccc2cc3c(cc2c1)oc1c(C)c2oc4cc5cc(N(c6ccccc6C)c6ccc(-c7ccccc7)cc6C)ccc5cc4c2cc13)c1ccc(-c2ccccc2)cc1C. The van der Waals surface area contributed by atoms with E-state index < -0.39 is 0 Å². The van der Waals surface area contributed by atoms with Crippen LogP contribution in [-0.4, -0.2) is 0 Å². The summed E-state index contributed by atoms with van der Waals surface area (Å²) in [6.07, 6.45) is 0. The zero-order chi connectivity index (χ0) is 47.9. The van der Waals surface area contributed by atoms with E-state index >= 15 is 0 Å². The Kier molecular flexibility index (Phi) is 9.93. The smallest absolute Gasteiger partial charge is 0.142 e. The molecule has 340 valence electrons. The molecule has 0 bridgehead atoms. The van der Waals surface area contributed by atoms with Crippen molar-refractivity contribution in [2.75, 3.05) is 9.80 Å². The molecule has 0 aliphatic rings. The van der Waals surface area contributed by atoms with Crippen LogP contribution in [-0.2, 0) is 0 Å². The molecule has 0 atom stereocenters. The molecule has 2 heterocycles. The van der Waals surface area contributed by atoms with E-state index in [4.69, 9.17) is 8.83 Å². The van der Waals surface area contributed by atoms with E-state index in [0.29, 0.717) is 0 Å². The van der Waals surface area contributed by atoms with Gasteiger partial charge in [0.25, 0.3) is 0 Å². The van der Waals surface area contributed by atoms with Crippen LogP contribution in [0, 0.1) is 34.6 Å². The second-order valence-corrected chi connectivity index (χ2v) is 19.2. The minimum absolute atomic E-state index is 0.854. The van der Waals surface area contributed by atoms with Crippen molar-refractivity contribution >= 4 is 99.5 Å². The van der Waals surface area contributed by atoms with Crippen molar-refractivity contribution in [3.05, 3.63) is 240 Å². The van der Waals surface area contributed by atoms with Crippen LogP contribution in [0.4, 0.5) is 34.1 Å². The fourth-order valence-corrected chi connectivity index (χ4v) is 10.9. The van der Waals surface area contributed by atoms with E-state index in [-0.39, 0.29) is 0 Å². The Morgan fingerprint density at radius 1 is 0.282 bits per heavy atom. The summed E-state index contributed by atoms with van der Waals surface area (Å²) in [5, 5.41) is 8.91. The van der Waals surface area contributed by atoms with Gasteiger partial charge in [-0.05, 0) is 192 Å². The van der Waals surface area contributed by atoms with Crippen molar-refractivity contribution in [3.63, 3.8) is 0 Å². The standard InChI is InChI=1S/C67H50N2O2/c1-41-16-12-14-22-60(41)68(62-30-26-48(32-43(62)3)46-18-8-6-9-19-46)54-28-24-50-36-56-58-40-59-57-37-51-25-29-55(35-53(51)39-65(57)71-67(59)45(5)66(58)70-64(56)38-52(50)34-54)69(61-23-15-13-17-42(61)2)63-31-27-49(33-44(63)4)47-20-10-7-11-21-47/h6-40H,1-5H3. The number of aryl methyl sites for hydroxylation is 5. The predicted octanol–water partition coefficient (Wildman–Crippen LogP) is 19.6. The first-order valence-corrected chi connectivity index (χ1v) is 24.5. The third kappa shape index (κ3) is 7.13. The molecular weight excluding hydrogens is 865 g/mol. The third-order valence-corrected chi connectivity index (χ3v) is 14.6. The average Bonchev–Trinajstić information content (AvgIpc) is 3.95. The second kappa shape index (κ2) is 16.7. The molecule has 0 saturated carbocycles. The van der Waals surface area contributed by atoms with Gasteiger partial charge in [-0.25, -0.2) is 0 Å². The molecule has 0 radical (unpaired) electrons. The number of rotatable bonds is 8. The van der Waals surface area contributed by atoms with Crippen molar-refractivity contribution < 1.29 is 8.83 Å². The van der Waals surface area contributed by atoms with Gasteiger partial charge < -0.3 is 18.6 Å². The quantitative estimate of drug-likeness (QED) is 0.152. The van der Waals surface area contributed by atoms with Gasteiger partial charge in [-0.3, -0.25) is 0 Å². The summed E-state index contributed by atoms with van der Waals surface area (Å²) in [7, 11) is 0. The fourth-order valence-electron chi connectivity index (χ4n) is 10.9. The number of para-hydroxylation sites is 2. The molecule has 0 saturated heterocycles. The van der Waals surface area contributed by atoms with Crippen molar-refractivity contribution in [1.29, 1.82) is 0 Å². The van der Waals surface area contributed by atoms with Gasteiger partial charge in [-0.1, -0.05) is 121 Å². The first-order valence-electron chi connectivity index (χ1n) is 24.5. The van der Waals surface area contributed by atoms with Crippen LogP contribution in [0.1, 0.15) is 27.8 Å². The molecule has 0 amide bonds. The third-order valence-electron chi connectivity index (χ3n) is 14.6. The maximum atomic E-state index is 6.83. The lowest BCUT2D eigenvalue weighted by molar-refractivity contribution is 0.651. The fraction of sp³-hybridized carbons (Fsp3) is 0.0746. The van der Waals surface area contributed by atoms with Crippen LogP contribution < -0.4 is 9.80 Å². The molecule has 0 aliphatic carbocycles. The normalized spacial score (nSPS) is 11.7. The number of fused-ring (bicyclic) bond motifs is 8. The number of hydrogen-bond donors (Lipinski definition) is 0. The molecule has 0 fully saturated rings. The number of nitrogens with zero attached hydrogens (tertiary/aromatic N) is 2. The molecule has 13 aromatic rings. The van der Waals surface area contributed by atoms with E-state index in [1.165, 1.54) is 44.5 Å². The highest BCUT2D eigenvalue weighted by molar-refractivity contribution is 6.20. The number of anilines is 6. The van der Waals surface area contributed by atoms with Crippen LogP contribution in [0.5, 0.6) is 0 Å². The Hall–Kier alpha value is -8.86. The Bertz CT molecular complexity index is 3970. The van der Waals surface area contributed by atoms with Crippen LogP contribution >= 0.6 is 0 Å². The zero-order valence-electron chi connectivity index (χ0n) is 40.4. The summed E-state index contributed by atoms with van der Waals surface area (Å²) < 4.78 is 13.7. The monoisotopic (exact) mass is 914 g/mol. The van der Waals surface area contributed by atoms with Crippen molar-refractivity contribution in [2.45, 2.75) is 34.6 Å². The largest absolute Gasteiger partial charge is 0.456 e. The van der Waals surface area contributed by atoms with Gasteiger partial charge in [0.15, 0.2) is 0 Å². The summed E-state index contributed by atoms with van der Waals surface area (Å²) in [4.78, 5) is 4.78. The van der Waals surface area contributed by atoms with E-state index in [1.807, 2.05) is 0 Å². The maximum absolute atomic E-state index is 6.83. The van der Waals surface area contributed by atoms with E-state index in [2.05, 4.69) is 257 Å². The Morgan fingerprint density at radius 3 is 1.11 bits per heavy atom. The van der Waals surface area contributed by atoms with Gasteiger partial charge in [0.05, 0.1) is 0 Å². The van der Waals surface area contributed by atoms with Crippen LogP contribution in [0.2, 0.25) is 0 Å². The van der Waals surface area contributed by atoms with Gasteiger partial charge in [-0.2, -0.15) is 0 Å². The van der Waals surface area contributed by atoms with Crippen molar-refractivity contribution in [1.82, 2.24) is 0 Å². The van der Waals surface area contributed by atoms with Crippen LogP contribution in [0.3, 0.4) is 0 Å². The molecule has 13 rings (SSSR count). The van der Waals surface area contributed by atoms with Gasteiger partial charge in [0.2, 0.25) is 0 Å². The highest BCUT2D eigenvalue weighted by Crippen LogP contribution is 2.46. The first kappa shape index (κ1) is 42.3. The van der Waals surface area contributed by atoms with Crippen molar-refractivity contribution in [2.24, 2.45) is 0 Å². The van der Waals surface area contributed by atoms with E-state index in [1.54, 1.807) is 0 Å². The van der Waals surface area contributed by atoms with E-state index in [9.17, 15) is 0 Å². The summed E-state index contributed by atoms with van der Waals surface area (Å²) in [6, 6.07) is 76.9. The minimum Gasteiger partial charge on any atom is -0.456 e. The van der Waals surface area contributed by atoms with E-state index in [0.717, 1.165) is 105 Å². The Labute approximate surface area is 413 Å². The van der Waals surface area contributed by atoms with Gasteiger partial charge in [-0.15, -0.1) is 0 Å². The molecule has 0 unspecified atom stereocenters. The zero-order valence-corrected chi connectivity index (χ0v) is 40.4. The molecule has 0 N–H and O–H groups in total. The molecule has 4 heteroatoms. The molecular formula is C67H50N2O2. The topological polar surface area (TPSA) is 32.8 Å². The number of benzene rings is 11. The number of hydrogen-bond acceptors (Lipinski definition) is 4. The highest BCUT2D eigenvalue weighted by atomic mass is 16.3. The van der Waals surface area contributed by atoms with Gasteiger partial charge >= 0.3 is 0 Å².